The van der Waals surface area contributed by atoms with Crippen LogP contribution in [0.3, 0.4) is 0 Å². The van der Waals surface area contributed by atoms with Gasteiger partial charge in [-0.25, -0.2) is 9.78 Å². The van der Waals surface area contributed by atoms with Crippen LogP contribution >= 0.6 is 0 Å². The number of nitrogen functional groups attached to an aromatic ring is 1. The lowest BCUT2D eigenvalue weighted by atomic mass is 10.2. The Morgan fingerprint density at radius 1 is 1.20 bits per heavy atom. The number of benzene rings is 1. The van der Waals surface area contributed by atoms with Gasteiger partial charge in [-0.2, -0.15) is 0 Å². The largest absolute Gasteiger partial charge is 0.455 e. The van der Waals surface area contributed by atoms with Crippen LogP contribution < -0.4 is 5.73 Å². The van der Waals surface area contributed by atoms with E-state index in [0.29, 0.717) is 16.9 Å². The van der Waals surface area contributed by atoms with Crippen molar-refractivity contribution in [2.45, 2.75) is 6.61 Å². The van der Waals surface area contributed by atoms with E-state index in [4.69, 9.17) is 10.5 Å². The predicted molar refractivity (Wildman–Crippen MR) is 75.2 cm³/mol. The summed E-state index contributed by atoms with van der Waals surface area (Å²) in [5, 5.41) is 0. The van der Waals surface area contributed by atoms with Gasteiger partial charge in [0.05, 0.1) is 11.3 Å². The molecule has 0 aliphatic carbocycles. The number of rotatable bonds is 3. The van der Waals surface area contributed by atoms with Crippen molar-refractivity contribution in [2.24, 2.45) is 0 Å². The number of nitrogens with zero attached hydrogens (tertiary/aromatic N) is 2. The van der Waals surface area contributed by atoms with Crippen LogP contribution in [0.2, 0.25) is 0 Å². The first-order valence-corrected chi connectivity index (χ1v) is 6.18. The Balaban J connectivity index is 1.73. The summed E-state index contributed by atoms with van der Waals surface area (Å²) in [6.45, 7) is 0.120. The molecule has 0 spiro atoms. The molecule has 0 fully saturated rings. The third-order valence-electron chi connectivity index (χ3n) is 2.95. The van der Waals surface area contributed by atoms with Gasteiger partial charge in [0, 0.05) is 18.1 Å². The summed E-state index contributed by atoms with van der Waals surface area (Å²) in [5.41, 5.74) is 8.02. The van der Waals surface area contributed by atoms with Crippen molar-refractivity contribution >= 4 is 17.3 Å². The van der Waals surface area contributed by atoms with Crippen LogP contribution in [0, 0.1) is 0 Å². The first kappa shape index (κ1) is 12.2. The number of carbonyl (C=O) groups excluding carboxylic acids is 1. The molecule has 5 heteroatoms. The Bertz CT molecular complexity index is 731. The van der Waals surface area contributed by atoms with Crippen molar-refractivity contribution in [3.05, 3.63) is 66.1 Å². The van der Waals surface area contributed by atoms with E-state index in [9.17, 15) is 4.79 Å². The summed E-state index contributed by atoms with van der Waals surface area (Å²) in [7, 11) is 0. The van der Waals surface area contributed by atoms with Crippen LogP contribution in [-0.2, 0) is 11.3 Å². The van der Waals surface area contributed by atoms with Crippen LogP contribution in [0.1, 0.15) is 16.1 Å². The van der Waals surface area contributed by atoms with E-state index in [2.05, 4.69) is 4.98 Å². The minimum Gasteiger partial charge on any atom is -0.455 e. The summed E-state index contributed by atoms with van der Waals surface area (Å²) in [6, 6.07) is 12.5. The monoisotopic (exact) mass is 267 g/mol. The van der Waals surface area contributed by atoms with Crippen LogP contribution in [0.5, 0.6) is 0 Å². The number of esters is 1. The number of imidazole rings is 1. The lowest BCUT2D eigenvalue weighted by Gasteiger charge is -2.04. The Morgan fingerprint density at radius 2 is 2.00 bits per heavy atom. The van der Waals surface area contributed by atoms with Crippen molar-refractivity contribution in [3.63, 3.8) is 0 Å². The number of anilines is 1. The molecule has 0 amide bonds. The molecular formula is C15H13N3O2. The summed E-state index contributed by atoms with van der Waals surface area (Å²) in [5.74, 6) is -0.444. The quantitative estimate of drug-likeness (QED) is 0.584. The third-order valence-corrected chi connectivity index (χ3v) is 2.95. The van der Waals surface area contributed by atoms with Gasteiger partial charge >= 0.3 is 5.97 Å². The van der Waals surface area contributed by atoms with E-state index in [1.165, 1.54) is 0 Å². The van der Waals surface area contributed by atoms with E-state index >= 15 is 0 Å². The zero-order valence-corrected chi connectivity index (χ0v) is 10.7. The van der Waals surface area contributed by atoms with Crippen LogP contribution in [0.25, 0.3) is 5.65 Å². The molecule has 0 aliphatic heterocycles. The number of aromatic nitrogens is 2. The normalized spacial score (nSPS) is 10.6. The number of hydrogen-bond acceptors (Lipinski definition) is 4. The maximum atomic E-state index is 11.9. The van der Waals surface area contributed by atoms with Gasteiger partial charge in [-0.15, -0.1) is 0 Å². The second kappa shape index (κ2) is 5.05. The zero-order valence-electron chi connectivity index (χ0n) is 10.7. The van der Waals surface area contributed by atoms with Crippen LogP contribution in [0.15, 0.2) is 54.9 Å². The number of fused-ring (bicyclic) bond motifs is 1. The summed E-state index contributed by atoms with van der Waals surface area (Å²) >= 11 is 0. The molecule has 2 N–H and O–H groups in total. The molecule has 0 saturated carbocycles. The molecule has 0 aliphatic rings. The number of para-hydroxylation sites is 1. The maximum Gasteiger partial charge on any atom is 0.340 e. The molecule has 0 radical (unpaired) electrons. The highest BCUT2D eigenvalue weighted by molar-refractivity contribution is 5.94. The lowest BCUT2D eigenvalue weighted by molar-refractivity contribution is 0.0469. The number of nitrogens with two attached hydrogens (primary N) is 1. The molecule has 2 heterocycles. The predicted octanol–water partition coefficient (Wildman–Crippen LogP) is 2.27. The highest BCUT2D eigenvalue weighted by atomic mass is 16.5. The second-order valence-electron chi connectivity index (χ2n) is 4.36. The van der Waals surface area contributed by atoms with Gasteiger partial charge in [-0.3, -0.25) is 0 Å². The fourth-order valence-corrected chi connectivity index (χ4v) is 1.96. The first-order chi connectivity index (χ1) is 9.74. The average molecular weight is 267 g/mol. The third kappa shape index (κ3) is 2.33. The number of hydrogen-bond donors (Lipinski definition) is 1. The molecule has 100 valence electrons. The van der Waals surface area contributed by atoms with E-state index in [1.54, 1.807) is 24.3 Å². The van der Waals surface area contributed by atoms with Gasteiger partial charge < -0.3 is 14.9 Å². The maximum absolute atomic E-state index is 11.9. The van der Waals surface area contributed by atoms with Crippen molar-refractivity contribution in [2.75, 3.05) is 5.73 Å². The number of carbonyl (C=O) groups is 1. The summed E-state index contributed by atoms with van der Waals surface area (Å²) in [4.78, 5) is 16.3. The van der Waals surface area contributed by atoms with Gasteiger partial charge in [0.25, 0.3) is 0 Å². The fraction of sp³-hybridized carbons (Fsp3) is 0.0667. The Labute approximate surface area is 115 Å². The minimum atomic E-state index is -0.444. The van der Waals surface area contributed by atoms with Gasteiger partial charge in [0.1, 0.15) is 12.3 Å². The highest BCUT2D eigenvalue weighted by Crippen LogP contribution is 2.13. The molecule has 0 unspecified atom stereocenters. The molecule has 3 rings (SSSR count). The molecule has 20 heavy (non-hydrogen) atoms. The zero-order chi connectivity index (χ0) is 13.9. The van der Waals surface area contributed by atoms with Crippen molar-refractivity contribution in [3.8, 4) is 0 Å². The van der Waals surface area contributed by atoms with Gasteiger partial charge in [-0.1, -0.05) is 18.2 Å². The molecule has 2 aromatic heterocycles. The van der Waals surface area contributed by atoms with E-state index < -0.39 is 5.97 Å². The molecule has 3 aromatic rings. The average Bonchev–Trinajstić information content (AvgIpc) is 2.88. The molecule has 0 atom stereocenters. The summed E-state index contributed by atoms with van der Waals surface area (Å²) in [6.07, 6.45) is 3.72. The first-order valence-electron chi connectivity index (χ1n) is 6.18. The van der Waals surface area contributed by atoms with Crippen LogP contribution in [0.4, 0.5) is 5.69 Å². The van der Waals surface area contributed by atoms with Crippen molar-refractivity contribution in [1.82, 2.24) is 9.38 Å². The molecule has 1 aromatic carbocycles. The number of ether oxygens (including phenoxy) is 1. The molecular weight excluding hydrogens is 254 g/mol. The van der Waals surface area contributed by atoms with Gasteiger partial charge in [0.2, 0.25) is 0 Å². The van der Waals surface area contributed by atoms with Crippen molar-refractivity contribution < 1.29 is 9.53 Å². The van der Waals surface area contributed by atoms with E-state index in [-0.39, 0.29) is 6.61 Å². The minimum absolute atomic E-state index is 0.120. The van der Waals surface area contributed by atoms with Crippen LogP contribution in [-0.4, -0.2) is 15.4 Å². The Morgan fingerprint density at radius 3 is 2.80 bits per heavy atom. The lowest BCUT2D eigenvalue weighted by Crippen LogP contribution is -2.08. The topological polar surface area (TPSA) is 69.6 Å². The van der Waals surface area contributed by atoms with Gasteiger partial charge in [-0.05, 0) is 24.3 Å². The Kier molecular flexibility index (Phi) is 3.09. The summed E-state index contributed by atoms with van der Waals surface area (Å²) < 4.78 is 7.10. The smallest absolute Gasteiger partial charge is 0.340 e. The standard InChI is InChI=1S/C15H13N3O2/c16-13-6-2-1-5-12(13)15(19)20-10-11-9-18-8-4-3-7-14(18)17-11/h1-9H,10,16H2. The number of pyridine rings is 1. The van der Waals surface area contributed by atoms with Crippen molar-refractivity contribution in [1.29, 1.82) is 0 Å². The van der Waals surface area contributed by atoms with Gasteiger partial charge in [0.15, 0.2) is 0 Å². The Hall–Kier alpha value is -2.82. The SMILES string of the molecule is Nc1ccccc1C(=O)OCc1cn2ccccc2n1. The molecule has 0 saturated heterocycles. The highest BCUT2D eigenvalue weighted by Gasteiger charge is 2.11. The second-order valence-corrected chi connectivity index (χ2v) is 4.36. The van der Waals surface area contributed by atoms with E-state index in [1.807, 2.05) is 35.0 Å². The van der Waals surface area contributed by atoms with E-state index in [0.717, 1.165) is 5.65 Å². The molecule has 5 nitrogen and oxygen atoms in total. The molecule has 0 bridgehead atoms. The fourth-order valence-electron chi connectivity index (χ4n) is 1.96.